The van der Waals surface area contributed by atoms with Crippen LogP contribution >= 0.6 is 7.82 Å². The van der Waals surface area contributed by atoms with Crippen molar-refractivity contribution in [3.63, 3.8) is 0 Å². The minimum atomic E-state index is -3.50. The first-order chi connectivity index (χ1) is 7.20. The standard InChI is InChI=1S/C9H14NO4P/c1-3-12-15(11,13-4-2)14-9-7-5-6-8-10-9/h5-8H,3-4H2,1-2H3. The van der Waals surface area contributed by atoms with E-state index in [1.807, 2.05) is 0 Å². The lowest BCUT2D eigenvalue weighted by molar-refractivity contribution is 0.166. The van der Waals surface area contributed by atoms with Gasteiger partial charge in [0, 0.05) is 12.3 Å². The highest BCUT2D eigenvalue weighted by atomic mass is 31.2. The maximum absolute atomic E-state index is 11.9. The Morgan fingerprint density at radius 3 is 2.40 bits per heavy atom. The van der Waals surface area contributed by atoms with Crippen LogP contribution in [0.2, 0.25) is 0 Å². The largest absolute Gasteiger partial charge is 0.531 e. The smallest absolute Gasteiger partial charge is 0.386 e. The number of hydrogen-bond donors (Lipinski definition) is 0. The van der Waals surface area contributed by atoms with Crippen LogP contribution in [0.5, 0.6) is 5.88 Å². The summed E-state index contributed by atoms with van der Waals surface area (Å²) in [6.45, 7) is 3.94. The summed E-state index contributed by atoms with van der Waals surface area (Å²) in [5.74, 6) is 0.225. The molecule has 0 N–H and O–H groups in total. The van der Waals surface area contributed by atoms with E-state index >= 15 is 0 Å². The summed E-state index contributed by atoms with van der Waals surface area (Å²) in [6.07, 6.45) is 1.54. The van der Waals surface area contributed by atoms with Gasteiger partial charge in [-0.15, -0.1) is 0 Å². The predicted octanol–water partition coefficient (Wildman–Crippen LogP) is 2.64. The number of pyridine rings is 1. The minimum Gasteiger partial charge on any atom is -0.386 e. The molecule has 0 fully saturated rings. The second-order valence-corrected chi connectivity index (χ2v) is 4.14. The molecule has 84 valence electrons. The van der Waals surface area contributed by atoms with Crippen molar-refractivity contribution in [2.24, 2.45) is 0 Å². The van der Waals surface area contributed by atoms with Gasteiger partial charge in [-0.05, 0) is 19.9 Å². The van der Waals surface area contributed by atoms with Crippen molar-refractivity contribution >= 4 is 7.82 Å². The van der Waals surface area contributed by atoms with Gasteiger partial charge in [0.2, 0.25) is 5.88 Å². The fourth-order valence-corrected chi connectivity index (χ4v) is 2.07. The summed E-state index contributed by atoms with van der Waals surface area (Å²) in [7, 11) is -3.50. The van der Waals surface area contributed by atoms with Crippen LogP contribution in [0.1, 0.15) is 13.8 Å². The quantitative estimate of drug-likeness (QED) is 0.704. The maximum atomic E-state index is 11.9. The van der Waals surface area contributed by atoms with Gasteiger partial charge < -0.3 is 4.52 Å². The minimum absolute atomic E-state index is 0.225. The molecule has 0 unspecified atom stereocenters. The third-order valence-electron chi connectivity index (χ3n) is 1.42. The van der Waals surface area contributed by atoms with Crippen molar-refractivity contribution in [2.45, 2.75) is 13.8 Å². The van der Waals surface area contributed by atoms with Crippen LogP contribution in [0.25, 0.3) is 0 Å². The van der Waals surface area contributed by atoms with E-state index in [2.05, 4.69) is 4.98 Å². The van der Waals surface area contributed by atoms with Gasteiger partial charge in [0.15, 0.2) is 0 Å². The molecule has 0 aromatic carbocycles. The molecule has 0 aliphatic rings. The fraction of sp³-hybridized carbons (Fsp3) is 0.444. The third kappa shape index (κ3) is 4.00. The predicted molar refractivity (Wildman–Crippen MR) is 55.7 cm³/mol. The Morgan fingerprint density at radius 2 is 1.93 bits per heavy atom. The van der Waals surface area contributed by atoms with E-state index < -0.39 is 7.82 Å². The van der Waals surface area contributed by atoms with Gasteiger partial charge in [0.05, 0.1) is 13.2 Å². The molecule has 0 aliphatic carbocycles. The molecule has 1 aromatic rings. The first-order valence-corrected chi connectivity index (χ1v) is 6.16. The van der Waals surface area contributed by atoms with Crippen molar-refractivity contribution in [2.75, 3.05) is 13.2 Å². The number of nitrogens with zero attached hydrogens (tertiary/aromatic N) is 1. The third-order valence-corrected chi connectivity index (χ3v) is 2.98. The van der Waals surface area contributed by atoms with E-state index in [1.54, 1.807) is 32.0 Å². The summed E-state index contributed by atoms with van der Waals surface area (Å²) in [6, 6.07) is 5.05. The topological polar surface area (TPSA) is 57.7 Å². The van der Waals surface area contributed by atoms with Crippen LogP contribution in [0.15, 0.2) is 24.4 Å². The number of phosphoric acid groups is 1. The lowest BCUT2D eigenvalue weighted by Gasteiger charge is -2.15. The average molecular weight is 231 g/mol. The molecular weight excluding hydrogens is 217 g/mol. The summed E-state index contributed by atoms with van der Waals surface area (Å²) in [4.78, 5) is 3.87. The lowest BCUT2D eigenvalue weighted by atomic mass is 10.5. The van der Waals surface area contributed by atoms with Crippen LogP contribution in [-0.2, 0) is 13.6 Å². The average Bonchev–Trinajstić information content (AvgIpc) is 2.19. The first kappa shape index (κ1) is 12.2. The molecular formula is C9H14NO4P. The molecule has 0 amide bonds. The second-order valence-electron chi connectivity index (χ2n) is 2.54. The summed E-state index contributed by atoms with van der Waals surface area (Å²) in [5.41, 5.74) is 0. The second kappa shape index (κ2) is 5.85. The highest BCUT2D eigenvalue weighted by Gasteiger charge is 2.27. The van der Waals surface area contributed by atoms with Gasteiger partial charge in [-0.2, -0.15) is 0 Å². The molecule has 0 radical (unpaired) electrons. The van der Waals surface area contributed by atoms with Crippen molar-refractivity contribution in [1.82, 2.24) is 4.98 Å². The molecule has 0 spiro atoms. The summed E-state index contributed by atoms with van der Waals surface area (Å²) in [5, 5.41) is 0. The Balaban J connectivity index is 2.71. The number of phosphoric ester groups is 1. The SMILES string of the molecule is CCOP(=O)(OCC)Oc1ccccn1. The van der Waals surface area contributed by atoms with Crippen LogP contribution in [-0.4, -0.2) is 18.2 Å². The highest BCUT2D eigenvalue weighted by Crippen LogP contribution is 2.48. The zero-order valence-electron chi connectivity index (χ0n) is 8.75. The fourth-order valence-electron chi connectivity index (χ4n) is 0.922. The Hall–Kier alpha value is -0.900. The van der Waals surface area contributed by atoms with E-state index in [0.717, 1.165) is 0 Å². The van der Waals surface area contributed by atoms with Gasteiger partial charge in [0.1, 0.15) is 0 Å². The zero-order valence-corrected chi connectivity index (χ0v) is 9.65. The Morgan fingerprint density at radius 1 is 1.27 bits per heavy atom. The molecule has 0 aliphatic heterocycles. The molecule has 1 heterocycles. The molecule has 6 heteroatoms. The van der Waals surface area contributed by atoms with Crippen molar-refractivity contribution in [3.05, 3.63) is 24.4 Å². The lowest BCUT2D eigenvalue weighted by Crippen LogP contribution is -2.02. The number of rotatable bonds is 6. The van der Waals surface area contributed by atoms with Crippen molar-refractivity contribution < 1.29 is 18.1 Å². The maximum Gasteiger partial charge on any atom is 0.531 e. The molecule has 0 saturated heterocycles. The molecule has 1 rings (SSSR count). The normalized spacial score (nSPS) is 11.3. The molecule has 5 nitrogen and oxygen atoms in total. The Bertz CT molecular complexity index is 320. The van der Waals surface area contributed by atoms with Crippen molar-refractivity contribution in [1.29, 1.82) is 0 Å². The van der Waals surface area contributed by atoms with Crippen LogP contribution < -0.4 is 4.52 Å². The van der Waals surface area contributed by atoms with Gasteiger partial charge in [0.25, 0.3) is 0 Å². The molecule has 0 saturated carbocycles. The van der Waals surface area contributed by atoms with E-state index in [0.29, 0.717) is 0 Å². The van der Waals surface area contributed by atoms with Gasteiger partial charge in [-0.1, -0.05) is 6.07 Å². The Kier molecular flexibility index (Phi) is 4.75. The van der Waals surface area contributed by atoms with Gasteiger partial charge in [-0.25, -0.2) is 9.55 Å². The highest BCUT2D eigenvalue weighted by molar-refractivity contribution is 7.48. The monoisotopic (exact) mass is 231 g/mol. The first-order valence-electron chi connectivity index (χ1n) is 4.70. The number of hydrogen-bond acceptors (Lipinski definition) is 5. The van der Waals surface area contributed by atoms with E-state index in [1.165, 1.54) is 6.20 Å². The summed E-state index contributed by atoms with van der Waals surface area (Å²) < 4.78 is 26.8. The number of aromatic nitrogens is 1. The van der Waals surface area contributed by atoms with Crippen LogP contribution in [0, 0.1) is 0 Å². The zero-order chi connectivity index (χ0) is 11.1. The van der Waals surface area contributed by atoms with E-state index in [9.17, 15) is 4.57 Å². The summed E-state index contributed by atoms with van der Waals surface area (Å²) >= 11 is 0. The molecule has 0 bridgehead atoms. The van der Waals surface area contributed by atoms with Gasteiger partial charge in [-0.3, -0.25) is 9.05 Å². The Labute approximate surface area is 89.0 Å². The molecule has 15 heavy (non-hydrogen) atoms. The van der Waals surface area contributed by atoms with E-state index in [-0.39, 0.29) is 19.1 Å². The van der Waals surface area contributed by atoms with E-state index in [4.69, 9.17) is 13.6 Å². The van der Waals surface area contributed by atoms with Gasteiger partial charge >= 0.3 is 7.82 Å². The van der Waals surface area contributed by atoms with Crippen LogP contribution in [0.4, 0.5) is 0 Å². The van der Waals surface area contributed by atoms with Crippen molar-refractivity contribution in [3.8, 4) is 5.88 Å². The van der Waals surface area contributed by atoms with Crippen LogP contribution in [0.3, 0.4) is 0 Å². The molecule has 0 atom stereocenters. The molecule has 1 aromatic heterocycles.